The number of nitrogens with one attached hydrogen (secondary N) is 1. The second kappa shape index (κ2) is 6.91. The molecular weight excluding hydrogens is 374 g/mol. The zero-order valence-electron chi connectivity index (χ0n) is 14.9. The number of rotatable bonds is 3. The Morgan fingerprint density at radius 1 is 1.19 bits per heavy atom. The standard InChI is InChI=1S/C20H21ClF2N2O2/c1-25-18(23)9-15(12-4-10-6-14(26)7-11(10)5-12)19(25)20(27)24-13-2-3-17(22)16(21)8-13/h2-3,8-12,14,26H,4-7H2,1H3,(H,24,27). The predicted molar refractivity (Wildman–Crippen MR) is 98.9 cm³/mol. The van der Waals surface area contributed by atoms with Crippen LogP contribution in [0.1, 0.15) is 47.7 Å². The fraction of sp³-hybridized carbons (Fsp3) is 0.450. The summed E-state index contributed by atoms with van der Waals surface area (Å²) < 4.78 is 28.9. The van der Waals surface area contributed by atoms with Crippen LogP contribution >= 0.6 is 11.6 Å². The van der Waals surface area contributed by atoms with Gasteiger partial charge in [-0.1, -0.05) is 11.6 Å². The van der Waals surface area contributed by atoms with Crippen molar-refractivity contribution in [2.75, 3.05) is 5.32 Å². The molecule has 0 bridgehead atoms. The van der Waals surface area contributed by atoms with E-state index >= 15 is 0 Å². The summed E-state index contributed by atoms with van der Waals surface area (Å²) >= 11 is 5.77. The van der Waals surface area contributed by atoms with E-state index in [-0.39, 0.29) is 22.7 Å². The lowest BCUT2D eigenvalue weighted by Gasteiger charge is -2.15. The van der Waals surface area contributed by atoms with Crippen molar-refractivity contribution >= 4 is 23.2 Å². The van der Waals surface area contributed by atoms with E-state index in [9.17, 15) is 18.7 Å². The first-order valence-electron chi connectivity index (χ1n) is 9.13. The third-order valence-corrected chi connectivity index (χ3v) is 6.32. The van der Waals surface area contributed by atoms with Crippen molar-refractivity contribution in [3.05, 3.63) is 52.3 Å². The van der Waals surface area contributed by atoms with Crippen molar-refractivity contribution in [1.29, 1.82) is 0 Å². The van der Waals surface area contributed by atoms with Crippen LogP contribution in [0, 0.1) is 23.6 Å². The Labute approximate surface area is 161 Å². The van der Waals surface area contributed by atoms with Gasteiger partial charge in [-0.15, -0.1) is 0 Å². The van der Waals surface area contributed by atoms with Gasteiger partial charge in [0.05, 0.1) is 11.1 Å². The first kappa shape index (κ1) is 18.4. The van der Waals surface area contributed by atoms with Crippen LogP contribution in [-0.2, 0) is 7.05 Å². The average molecular weight is 395 g/mol. The summed E-state index contributed by atoms with van der Waals surface area (Å²) in [5.74, 6) is -0.526. The van der Waals surface area contributed by atoms with Crippen LogP contribution in [0.2, 0.25) is 5.02 Å². The van der Waals surface area contributed by atoms with Crippen LogP contribution in [0.15, 0.2) is 24.3 Å². The Morgan fingerprint density at radius 2 is 1.85 bits per heavy atom. The molecular formula is C20H21ClF2N2O2. The molecule has 2 saturated carbocycles. The number of nitrogens with zero attached hydrogens (tertiary/aromatic N) is 1. The molecule has 1 aromatic carbocycles. The van der Waals surface area contributed by atoms with Crippen LogP contribution in [0.4, 0.5) is 14.5 Å². The minimum absolute atomic E-state index is 0.0896. The Kier molecular flexibility index (Phi) is 4.72. The highest BCUT2D eigenvalue weighted by Crippen LogP contribution is 2.51. The van der Waals surface area contributed by atoms with Crippen LogP contribution in [0.3, 0.4) is 0 Å². The highest BCUT2D eigenvalue weighted by Gasteiger charge is 2.43. The molecule has 4 nitrogen and oxygen atoms in total. The van der Waals surface area contributed by atoms with Crippen molar-refractivity contribution in [3.8, 4) is 0 Å². The molecule has 2 aromatic rings. The topological polar surface area (TPSA) is 54.3 Å². The summed E-state index contributed by atoms with van der Waals surface area (Å²) in [5.41, 5.74) is 1.33. The van der Waals surface area contributed by atoms with E-state index in [2.05, 4.69) is 5.32 Å². The largest absolute Gasteiger partial charge is 0.393 e. The van der Waals surface area contributed by atoms with E-state index in [1.807, 2.05) is 0 Å². The van der Waals surface area contributed by atoms with Crippen molar-refractivity contribution < 1.29 is 18.7 Å². The van der Waals surface area contributed by atoms with Crippen LogP contribution in [0.5, 0.6) is 0 Å². The van der Waals surface area contributed by atoms with Gasteiger partial charge in [-0.2, -0.15) is 4.39 Å². The Balaban J connectivity index is 1.59. The molecule has 2 aliphatic rings. The second-order valence-electron chi connectivity index (χ2n) is 7.73. The number of anilines is 1. The molecule has 2 N–H and O–H groups in total. The van der Waals surface area contributed by atoms with Gasteiger partial charge in [-0.05, 0) is 73.3 Å². The molecule has 2 atom stereocenters. The lowest BCUT2D eigenvalue weighted by Crippen LogP contribution is -2.19. The van der Waals surface area contributed by atoms with Gasteiger partial charge in [0, 0.05) is 12.7 Å². The fourth-order valence-electron chi connectivity index (χ4n) is 4.79. The van der Waals surface area contributed by atoms with Crippen molar-refractivity contribution in [1.82, 2.24) is 4.57 Å². The first-order valence-corrected chi connectivity index (χ1v) is 9.51. The quantitative estimate of drug-likeness (QED) is 0.806. The van der Waals surface area contributed by atoms with Gasteiger partial charge < -0.3 is 15.0 Å². The molecule has 7 heteroatoms. The third-order valence-electron chi connectivity index (χ3n) is 6.03. The lowest BCUT2D eigenvalue weighted by atomic mass is 9.94. The molecule has 0 radical (unpaired) electrons. The summed E-state index contributed by atoms with van der Waals surface area (Å²) in [7, 11) is 1.52. The van der Waals surface area contributed by atoms with Gasteiger partial charge in [0.1, 0.15) is 11.5 Å². The van der Waals surface area contributed by atoms with Crippen molar-refractivity contribution in [2.24, 2.45) is 18.9 Å². The third kappa shape index (κ3) is 3.36. The highest BCUT2D eigenvalue weighted by molar-refractivity contribution is 6.31. The van der Waals surface area contributed by atoms with E-state index in [1.54, 1.807) is 0 Å². The summed E-state index contributed by atoms with van der Waals surface area (Å²) in [5, 5.41) is 12.4. The summed E-state index contributed by atoms with van der Waals surface area (Å²) in [4.78, 5) is 12.8. The highest BCUT2D eigenvalue weighted by atomic mass is 35.5. The summed E-state index contributed by atoms with van der Waals surface area (Å²) in [6.07, 6.45) is 3.04. The van der Waals surface area contributed by atoms with Crippen LogP contribution < -0.4 is 5.32 Å². The number of hydrogen-bond acceptors (Lipinski definition) is 2. The maximum atomic E-state index is 14.3. The monoisotopic (exact) mass is 394 g/mol. The Hall–Kier alpha value is -1.92. The maximum Gasteiger partial charge on any atom is 0.272 e. The van der Waals surface area contributed by atoms with Crippen molar-refractivity contribution in [2.45, 2.75) is 37.7 Å². The minimum atomic E-state index is -0.569. The van der Waals surface area contributed by atoms with E-state index < -0.39 is 17.7 Å². The molecule has 0 aliphatic heterocycles. The molecule has 1 heterocycles. The molecule has 1 amide bonds. The SMILES string of the molecule is Cn1c(F)cc(C2CC3CC(O)CC3C2)c1C(=O)Nc1ccc(F)c(Cl)c1. The maximum absolute atomic E-state index is 14.3. The van der Waals surface area contributed by atoms with Gasteiger partial charge in [-0.25, -0.2) is 4.39 Å². The van der Waals surface area contributed by atoms with Crippen LogP contribution in [-0.4, -0.2) is 21.7 Å². The van der Waals surface area contributed by atoms with Gasteiger partial charge in [0.2, 0.25) is 0 Å². The summed E-state index contributed by atoms with van der Waals surface area (Å²) in [6, 6.07) is 5.36. The Morgan fingerprint density at radius 3 is 2.48 bits per heavy atom. The molecule has 2 fully saturated rings. The molecule has 27 heavy (non-hydrogen) atoms. The predicted octanol–water partition coefficient (Wildman–Crippen LogP) is 4.47. The van der Waals surface area contributed by atoms with E-state index in [0.717, 1.165) is 25.7 Å². The number of fused-ring (bicyclic) bond motifs is 1. The number of benzene rings is 1. The zero-order valence-corrected chi connectivity index (χ0v) is 15.6. The first-order chi connectivity index (χ1) is 12.8. The summed E-state index contributed by atoms with van der Waals surface area (Å²) in [6.45, 7) is 0. The fourth-order valence-corrected chi connectivity index (χ4v) is 4.97. The lowest BCUT2D eigenvalue weighted by molar-refractivity contribution is 0.101. The number of carbonyl (C=O) groups excluding carboxylic acids is 1. The van der Waals surface area contributed by atoms with Crippen molar-refractivity contribution in [3.63, 3.8) is 0 Å². The smallest absolute Gasteiger partial charge is 0.272 e. The normalized spacial score (nSPS) is 27.0. The molecule has 0 saturated heterocycles. The minimum Gasteiger partial charge on any atom is -0.393 e. The molecule has 144 valence electrons. The molecule has 4 rings (SSSR count). The number of hydrogen-bond donors (Lipinski definition) is 2. The van der Waals surface area contributed by atoms with Gasteiger partial charge >= 0.3 is 0 Å². The number of amides is 1. The number of aliphatic hydroxyl groups excluding tert-OH is 1. The number of aromatic nitrogens is 1. The number of halogens is 3. The van der Waals surface area contributed by atoms with E-state index in [1.165, 1.54) is 35.9 Å². The van der Waals surface area contributed by atoms with E-state index in [0.29, 0.717) is 23.1 Å². The van der Waals surface area contributed by atoms with Gasteiger partial charge in [-0.3, -0.25) is 4.79 Å². The number of aliphatic hydroxyl groups is 1. The molecule has 2 unspecified atom stereocenters. The van der Waals surface area contributed by atoms with E-state index in [4.69, 9.17) is 11.6 Å². The number of carbonyl (C=O) groups is 1. The Bertz CT molecular complexity index is 884. The van der Waals surface area contributed by atoms with Gasteiger partial charge in [0.15, 0.2) is 5.95 Å². The second-order valence-corrected chi connectivity index (χ2v) is 8.13. The van der Waals surface area contributed by atoms with Crippen LogP contribution in [0.25, 0.3) is 0 Å². The molecule has 1 aromatic heterocycles. The zero-order chi connectivity index (χ0) is 19.3. The molecule has 2 aliphatic carbocycles. The molecule has 0 spiro atoms. The average Bonchev–Trinajstić information content (AvgIpc) is 3.22. The van der Waals surface area contributed by atoms with Gasteiger partial charge in [0.25, 0.3) is 5.91 Å².